The maximum Gasteiger partial charge on any atom is 0.325 e. The van der Waals surface area contributed by atoms with Crippen LogP contribution in [0.5, 0.6) is 0 Å². The summed E-state index contributed by atoms with van der Waals surface area (Å²) in [4.78, 5) is 43.7. The number of rotatable bonds is 5. The molecule has 3 saturated heterocycles. The van der Waals surface area contributed by atoms with Crippen LogP contribution in [0, 0.1) is 11.8 Å². The smallest absolute Gasteiger partial charge is 0.325 e. The lowest BCUT2D eigenvalue weighted by Crippen LogP contribution is -2.50. The minimum Gasteiger partial charge on any atom is -0.379 e. The van der Waals surface area contributed by atoms with E-state index in [-0.39, 0.29) is 18.4 Å². The molecule has 3 heterocycles. The molecule has 4 amide bonds. The second-order valence-electron chi connectivity index (χ2n) is 9.65. The Morgan fingerprint density at radius 3 is 2.40 bits per heavy atom. The maximum absolute atomic E-state index is 13.0. The first kappa shape index (κ1) is 21.6. The lowest BCUT2D eigenvalue weighted by atomic mass is 9.77. The molecule has 8 heteroatoms. The summed E-state index contributed by atoms with van der Waals surface area (Å²) in [6.45, 7) is 8.29. The minimum atomic E-state index is -0.768. The average Bonchev–Trinajstić information content (AvgIpc) is 2.99. The Morgan fingerprint density at radius 1 is 1.07 bits per heavy atom. The van der Waals surface area contributed by atoms with Crippen molar-refractivity contribution in [2.75, 3.05) is 52.5 Å². The molecule has 0 aromatic rings. The van der Waals surface area contributed by atoms with E-state index >= 15 is 0 Å². The van der Waals surface area contributed by atoms with E-state index in [1.165, 1.54) is 0 Å². The van der Waals surface area contributed by atoms with Gasteiger partial charge < -0.3 is 15.0 Å². The van der Waals surface area contributed by atoms with Gasteiger partial charge in [0.1, 0.15) is 12.1 Å². The molecular formula is C22H36N4O4. The molecule has 8 nitrogen and oxygen atoms in total. The molecule has 1 N–H and O–H groups in total. The third-order valence-corrected chi connectivity index (χ3v) is 7.59. The maximum atomic E-state index is 13.0. The molecule has 0 radical (unpaired) electrons. The van der Waals surface area contributed by atoms with E-state index in [4.69, 9.17) is 4.74 Å². The third kappa shape index (κ3) is 4.64. The third-order valence-electron chi connectivity index (χ3n) is 7.59. The first-order valence-corrected chi connectivity index (χ1v) is 11.7. The molecule has 1 saturated carbocycles. The van der Waals surface area contributed by atoms with Gasteiger partial charge in [0.25, 0.3) is 5.91 Å². The Labute approximate surface area is 179 Å². The molecule has 1 aliphatic carbocycles. The fourth-order valence-electron chi connectivity index (χ4n) is 5.31. The van der Waals surface area contributed by atoms with Gasteiger partial charge in [0.2, 0.25) is 5.91 Å². The summed E-state index contributed by atoms with van der Waals surface area (Å²) in [6, 6.07) is -0.400. The van der Waals surface area contributed by atoms with Crippen LogP contribution >= 0.6 is 0 Å². The first-order chi connectivity index (χ1) is 14.5. The Balaban J connectivity index is 1.23. The predicted octanol–water partition coefficient (Wildman–Crippen LogP) is 1.45. The Bertz CT molecular complexity index is 648. The Hall–Kier alpha value is -1.67. The van der Waals surface area contributed by atoms with Crippen molar-refractivity contribution < 1.29 is 19.1 Å². The summed E-state index contributed by atoms with van der Waals surface area (Å²) in [5, 5.41) is 2.91. The van der Waals surface area contributed by atoms with Crippen molar-refractivity contribution in [3.63, 3.8) is 0 Å². The lowest BCUT2D eigenvalue weighted by molar-refractivity contribution is -0.140. The van der Waals surface area contributed by atoms with Crippen molar-refractivity contribution in [3.8, 4) is 0 Å². The summed E-state index contributed by atoms with van der Waals surface area (Å²) >= 11 is 0. The lowest BCUT2D eigenvalue weighted by Gasteiger charge is -2.35. The number of imide groups is 1. The molecular weight excluding hydrogens is 384 g/mol. The van der Waals surface area contributed by atoms with Gasteiger partial charge in [-0.05, 0) is 63.3 Å². The van der Waals surface area contributed by atoms with E-state index in [0.29, 0.717) is 24.7 Å². The van der Waals surface area contributed by atoms with Gasteiger partial charge in [-0.1, -0.05) is 6.92 Å². The highest BCUT2D eigenvalue weighted by molar-refractivity contribution is 6.09. The number of nitrogens with zero attached hydrogens (tertiary/aromatic N) is 3. The van der Waals surface area contributed by atoms with Crippen molar-refractivity contribution >= 4 is 17.8 Å². The fraction of sp³-hybridized carbons (Fsp3) is 0.864. The van der Waals surface area contributed by atoms with Crippen molar-refractivity contribution in [2.24, 2.45) is 11.8 Å². The molecule has 0 bridgehead atoms. The van der Waals surface area contributed by atoms with Crippen molar-refractivity contribution in [1.29, 1.82) is 0 Å². The molecule has 0 unspecified atom stereocenters. The number of hydrogen-bond acceptors (Lipinski definition) is 5. The van der Waals surface area contributed by atoms with Crippen LogP contribution in [0.1, 0.15) is 51.9 Å². The van der Waals surface area contributed by atoms with Crippen LogP contribution in [0.2, 0.25) is 0 Å². The minimum absolute atomic E-state index is 0.105. The van der Waals surface area contributed by atoms with Gasteiger partial charge in [-0.15, -0.1) is 0 Å². The zero-order valence-electron chi connectivity index (χ0n) is 18.2. The van der Waals surface area contributed by atoms with Crippen molar-refractivity contribution in [2.45, 2.75) is 57.4 Å². The molecule has 4 rings (SSSR count). The predicted molar refractivity (Wildman–Crippen MR) is 112 cm³/mol. The average molecular weight is 421 g/mol. The highest BCUT2D eigenvalue weighted by Gasteiger charge is 2.52. The SMILES string of the molecule is CC1CCC2(CC1)NC(=O)N(CC(=O)N1CCC(CCN3CCOCC3)CC1)C2=O. The number of ether oxygens (including phenoxy) is 1. The molecule has 4 aliphatic rings. The number of likely N-dealkylation sites (tertiary alicyclic amines) is 1. The van der Waals surface area contributed by atoms with Gasteiger partial charge in [-0.2, -0.15) is 0 Å². The molecule has 3 aliphatic heterocycles. The molecule has 0 aromatic heterocycles. The first-order valence-electron chi connectivity index (χ1n) is 11.7. The van der Waals surface area contributed by atoms with E-state index < -0.39 is 11.6 Å². The molecule has 168 valence electrons. The van der Waals surface area contributed by atoms with Gasteiger partial charge >= 0.3 is 6.03 Å². The highest BCUT2D eigenvalue weighted by atomic mass is 16.5. The van der Waals surface area contributed by atoms with Crippen LogP contribution in [0.3, 0.4) is 0 Å². The molecule has 30 heavy (non-hydrogen) atoms. The second-order valence-corrected chi connectivity index (χ2v) is 9.65. The standard InChI is InChI=1S/C22H36N4O4/c1-17-2-7-22(8-3-17)20(28)26(21(29)23-22)16-19(27)25-10-5-18(6-11-25)4-9-24-12-14-30-15-13-24/h17-18H,2-16H2,1H3,(H,23,29). The van der Waals surface area contributed by atoms with Gasteiger partial charge in [-0.25, -0.2) is 4.79 Å². The largest absolute Gasteiger partial charge is 0.379 e. The van der Waals surface area contributed by atoms with Crippen LogP contribution in [0.4, 0.5) is 4.79 Å². The van der Waals surface area contributed by atoms with Gasteiger partial charge in [0.05, 0.1) is 13.2 Å². The molecule has 0 aromatic carbocycles. The normalized spacial score (nSPS) is 31.4. The van der Waals surface area contributed by atoms with Crippen molar-refractivity contribution in [1.82, 2.24) is 20.0 Å². The van der Waals surface area contributed by atoms with Crippen LogP contribution in [-0.2, 0) is 14.3 Å². The van der Waals surface area contributed by atoms with E-state index in [9.17, 15) is 14.4 Å². The van der Waals surface area contributed by atoms with Crippen LogP contribution < -0.4 is 5.32 Å². The van der Waals surface area contributed by atoms with Gasteiger partial charge in [0.15, 0.2) is 0 Å². The Morgan fingerprint density at radius 2 is 1.73 bits per heavy atom. The number of urea groups is 1. The summed E-state index contributed by atoms with van der Waals surface area (Å²) < 4.78 is 5.40. The number of hydrogen-bond donors (Lipinski definition) is 1. The number of carbonyl (C=O) groups excluding carboxylic acids is 3. The van der Waals surface area contributed by atoms with Gasteiger partial charge in [-0.3, -0.25) is 19.4 Å². The molecule has 0 atom stereocenters. The topological polar surface area (TPSA) is 82.2 Å². The number of nitrogens with one attached hydrogen (secondary N) is 1. The van der Waals surface area contributed by atoms with Crippen LogP contribution in [0.25, 0.3) is 0 Å². The second kappa shape index (κ2) is 9.22. The van der Waals surface area contributed by atoms with Crippen molar-refractivity contribution in [3.05, 3.63) is 0 Å². The Kier molecular flexibility index (Phi) is 6.63. The van der Waals surface area contributed by atoms with Gasteiger partial charge in [0, 0.05) is 26.2 Å². The monoisotopic (exact) mass is 420 g/mol. The summed E-state index contributed by atoms with van der Waals surface area (Å²) in [5.41, 5.74) is -0.768. The molecule has 4 fully saturated rings. The van der Waals surface area contributed by atoms with E-state index in [1.54, 1.807) is 0 Å². The zero-order valence-corrected chi connectivity index (χ0v) is 18.2. The van der Waals surface area contributed by atoms with E-state index in [2.05, 4.69) is 17.1 Å². The quantitative estimate of drug-likeness (QED) is 0.681. The summed E-state index contributed by atoms with van der Waals surface area (Å²) in [5.74, 6) is 0.918. The van der Waals surface area contributed by atoms with E-state index in [0.717, 1.165) is 82.9 Å². The highest BCUT2D eigenvalue weighted by Crippen LogP contribution is 2.36. The summed E-state index contributed by atoms with van der Waals surface area (Å²) in [7, 11) is 0. The number of carbonyl (C=O) groups is 3. The number of morpholine rings is 1. The van der Waals surface area contributed by atoms with E-state index in [1.807, 2.05) is 4.90 Å². The fourth-order valence-corrected chi connectivity index (χ4v) is 5.31. The molecule has 1 spiro atoms. The summed E-state index contributed by atoms with van der Waals surface area (Å²) in [6.07, 6.45) is 6.39. The van der Waals surface area contributed by atoms with Crippen LogP contribution in [0.15, 0.2) is 0 Å². The zero-order chi connectivity index (χ0) is 21.1. The van der Waals surface area contributed by atoms with Crippen LogP contribution in [-0.4, -0.2) is 90.6 Å². The number of amides is 4. The number of piperidine rings is 1.